The van der Waals surface area contributed by atoms with Crippen molar-refractivity contribution in [2.75, 3.05) is 7.11 Å². The fraction of sp³-hybridized carbons (Fsp3) is 0.312. The number of nitro benzene ring substituents is 1. The number of non-ortho nitro benzene ring substituents is 1. The molecule has 2 aromatic rings. The predicted octanol–water partition coefficient (Wildman–Crippen LogP) is 4.75. The first-order chi connectivity index (χ1) is 21.0. The Morgan fingerprint density at radius 1 is 1.05 bits per heavy atom. The lowest BCUT2D eigenvalue weighted by molar-refractivity contribution is -0.384. The molecule has 0 saturated carbocycles. The highest BCUT2D eigenvalue weighted by Crippen LogP contribution is 2.40. The molecule has 2 aliphatic rings. The van der Waals surface area contributed by atoms with Gasteiger partial charge < -0.3 is 24.8 Å². The summed E-state index contributed by atoms with van der Waals surface area (Å²) in [6.45, 7) is 6.86. The number of hydrogen-bond donors (Lipinski definition) is 2. The van der Waals surface area contributed by atoms with Crippen molar-refractivity contribution in [1.82, 2.24) is 10.6 Å². The third kappa shape index (κ3) is 6.47. The van der Waals surface area contributed by atoms with Crippen LogP contribution in [-0.4, -0.2) is 36.2 Å². The van der Waals surface area contributed by atoms with Crippen LogP contribution in [0.5, 0.6) is 5.75 Å². The minimum Gasteiger partial charge on any atom is -0.466 e. The number of carbonyl (C=O) groups excluding carboxylic acids is 3. The largest absolute Gasteiger partial charge is 0.466 e. The predicted molar refractivity (Wildman–Crippen MR) is 158 cm³/mol. The number of dihydropyridines is 1. The molecule has 12 heteroatoms. The number of allylic oxidation sites excluding steroid dienone is 4. The Kier molecular flexibility index (Phi) is 9.48. The molecule has 2 heterocycles. The normalized spacial score (nSPS) is 19.0. The van der Waals surface area contributed by atoms with Crippen LogP contribution in [0.25, 0.3) is 5.57 Å². The Balaban J connectivity index is 1.59. The molecule has 228 valence electrons. The standard InChI is InChI=1S/C32H32N4O8/c1-6-26(43-24-12-10-20(11-13-24)25-15-22(16-33)30(37)35-17(25)2)44-32(39)28-19(4)34-18(3)27(31(38)42-5)29(28)21-8-7-9-23(14-21)36(40)41/h7-14,22,26,29,34H,6,15H2,1-5H3,(H,35,37). The number of nitriles is 1. The monoisotopic (exact) mass is 600 g/mol. The Morgan fingerprint density at radius 3 is 2.30 bits per heavy atom. The van der Waals surface area contributed by atoms with Gasteiger partial charge >= 0.3 is 11.9 Å². The van der Waals surface area contributed by atoms with Gasteiger partial charge in [0.2, 0.25) is 12.2 Å². The van der Waals surface area contributed by atoms with Crippen molar-refractivity contribution in [2.24, 2.45) is 5.92 Å². The summed E-state index contributed by atoms with van der Waals surface area (Å²) in [5.74, 6) is -3.15. The van der Waals surface area contributed by atoms with E-state index < -0.39 is 35.0 Å². The maximum absolute atomic E-state index is 13.7. The van der Waals surface area contributed by atoms with Gasteiger partial charge in [-0.1, -0.05) is 31.2 Å². The highest BCUT2D eigenvalue weighted by Gasteiger charge is 2.39. The van der Waals surface area contributed by atoms with E-state index in [-0.39, 0.29) is 29.2 Å². The Labute approximate surface area is 254 Å². The number of methoxy groups -OCH3 is 1. The number of amides is 1. The highest BCUT2D eigenvalue weighted by molar-refractivity contribution is 6.00. The summed E-state index contributed by atoms with van der Waals surface area (Å²) in [6.07, 6.45) is -0.432. The Morgan fingerprint density at radius 2 is 1.70 bits per heavy atom. The van der Waals surface area contributed by atoms with Crippen LogP contribution in [0.2, 0.25) is 0 Å². The van der Waals surface area contributed by atoms with Crippen LogP contribution >= 0.6 is 0 Å². The highest BCUT2D eigenvalue weighted by atomic mass is 16.7. The van der Waals surface area contributed by atoms with Gasteiger partial charge in [0.15, 0.2) is 0 Å². The fourth-order valence-corrected chi connectivity index (χ4v) is 5.29. The SMILES string of the molecule is CCC(OC(=O)C1=C(C)NC(C)=C(C(=O)OC)C1c1cccc([N+](=O)[O-])c1)Oc1ccc(C2=C(C)NC(=O)C(C#N)C2)cc1. The van der Waals surface area contributed by atoms with Crippen molar-refractivity contribution >= 4 is 29.1 Å². The van der Waals surface area contributed by atoms with Crippen LogP contribution in [-0.2, 0) is 23.9 Å². The van der Waals surface area contributed by atoms with Gasteiger partial charge in [-0.05, 0) is 56.0 Å². The van der Waals surface area contributed by atoms with E-state index in [1.54, 1.807) is 58.0 Å². The maximum atomic E-state index is 13.7. The summed E-state index contributed by atoms with van der Waals surface area (Å²) in [7, 11) is 1.21. The molecule has 0 fully saturated rings. The lowest BCUT2D eigenvalue weighted by atomic mass is 9.80. The average Bonchev–Trinajstić information content (AvgIpc) is 3.00. The van der Waals surface area contributed by atoms with Crippen LogP contribution in [0.4, 0.5) is 5.69 Å². The van der Waals surface area contributed by atoms with Crippen molar-refractivity contribution in [3.05, 3.63) is 98.0 Å². The van der Waals surface area contributed by atoms with E-state index in [1.165, 1.54) is 25.3 Å². The van der Waals surface area contributed by atoms with E-state index in [0.717, 1.165) is 11.1 Å². The quantitative estimate of drug-likeness (QED) is 0.177. The summed E-state index contributed by atoms with van der Waals surface area (Å²) >= 11 is 0. The van der Waals surface area contributed by atoms with E-state index >= 15 is 0 Å². The number of carbonyl (C=O) groups is 3. The first kappa shape index (κ1) is 31.5. The number of nitrogens with one attached hydrogen (secondary N) is 2. The molecule has 1 amide bonds. The summed E-state index contributed by atoms with van der Waals surface area (Å²) < 4.78 is 16.8. The van der Waals surface area contributed by atoms with E-state index in [0.29, 0.717) is 34.8 Å². The molecule has 0 aliphatic carbocycles. The van der Waals surface area contributed by atoms with Crippen LogP contribution in [0.3, 0.4) is 0 Å². The van der Waals surface area contributed by atoms with Crippen LogP contribution in [0.15, 0.2) is 76.8 Å². The molecule has 12 nitrogen and oxygen atoms in total. The fourth-order valence-electron chi connectivity index (χ4n) is 5.29. The number of hydrogen-bond acceptors (Lipinski definition) is 10. The summed E-state index contributed by atoms with van der Waals surface area (Å²) in [4.78, 5) is 49.6. The summed E-state index contributed by atoms with van der Waals surface area (Å²) in [5, 5.41) is 26.6. The van der Waals surface area contributed by atoms with Crippen molar-refractivity contribution in [3.63, 3.8) is 0 Å². The molecule has 2 N–H and O–H groups in total. The lowest BCUT2D eigenvalue weighted by Crippen LogP contribution is -2.34. The van der Waals surface area contributed by atoms with Gasteiger partial charge in [0.1, 0.15) is 11.7 Å². The van der Waals surface area contributed by atoms with E-state index in [1.807, 2.05) is 6.07 Å². The third-order valence-electron chi connectivity index (χ3n) is 7.49. The molecule has 44 heavy (non-hydrogen) atoms. The average molecular weight is 601 g/mol. The molecule has 0 spiro atoms. The van der Waals surface area contributed by atoms with Gasteiger partial charge in [0.25, 0.3) is 5.69 Å². The molecule has 3 atom stereocenters. The van der Waals surface area contributed by atoms with Crippen molar-refractivity contribution in [1.29, 1.82) is 5.26 Å². The number of rotatable bonds is 9. The van der Waals surface area contributed by atoms with Gasteiger partial charge in [-0.15, -0.1) is 0 Å². The molecular formula is C32H32N4O8. The molecule has 4 rings (SSSR count). The zero-order valence-corrected chi connectivity index (χ0v) is 24.9. The van der Waals surface area contributed by atoms with E-state index in [9.17, 15) is 29.8 Å². The molecule has 3 unspecified atom stereocenters. The number of nitro groups is 1. The zero-order valence-electron chi connectivity index (χ0n) is 24.9. The second-order valence-corrected chi connectivity index (χ2v) is 10.3. The van der Waals surface area contributed by atoms with Gasteiger partial charge in [0.05, 0.1) is 35.2 Å². The molecule has 0 bridgehead atoms. The molecule has 2 aromatic carbocycles. The van der Waals surface area contributed by atoms with Crippen molar-refractivity contribution in [3.8, 4) is 11.8 Å². The van der Waals surface area contributed by atoms with E-state index in [4.69, 9.17) is 14.2 Å². The van der Waals surface area contributed by atoms with Gasteiger partial charge in [-0.25, -0.2) is 9.59 Å². The van der Waals surface area contributed by atoms with Gasteiger partial charge in [-0.2, -0.15) is 5.26 Å². The molecule has 0 radical (unpaired) electrons. The first-order valence-electron chi connectivity index (χ1n) is 13.9. The zero-order chi connectivity index (χ0) is 32.1. The number of benzene rings is 2. The molecule has 2 aliphatic heterocycles. The van der Waals surface area contributed by atoms with Crippen LogP contribution < -0.4 is 15.4 Å². The minimum atomic E-state index is -1.01. The Bertz CT molecular complexity index is 1650. The molecule has 0 saturated heterocycles. The van der Waals surface area contributed by atoms with Gasteiger partial charge in [-0.3, -0.25) is 14.9 Å². The maximum Gasteiger partial charge on any atom is 0.339 e. The van der Waals surface area contributed by atoms with E-state index in [2.05, 4.69) is 10.6 Å². The molecular weight excluding hydrogens is 568 g/mol. The minimum absolute atomic E-state index is 0.0858. The van der Waals surface area contributed by atoms with Crippen LogP contribution in [0, 0.1) is 27.4 Å². The molecule has 0 aromatic heterocycles. The topological polar surface area (TPSA) is 170 Å². The first-order valence-corrected chi connectivity index (χ1v) is 13.9. The third-order valence-corrected chi connectivity index (χ3v) is 7.49. The van der Waals surface area contributed by atoms with Crippen molar-refractivity contribution in [2.45, 2.75) is 52.7 Å². The number of ether oxygens (including phenoxy) is 3. The Hall–Kier alpha value is -5.44. The second-order valence-electron chi connectivity index (χ2n) is 10.3. The van der Waals surface area contributed by atoms with Crippen molar-refractivity contribution < 1.29 is 33.5 Å². The lowest BCUT2D eigenvalue weighted by Gasteiger charge is -2.31. The number of esters is 2. The number of nitrogens with zero attached hydrogens (tertiary/aromatic N) is 2. The van der Waals surface area contributed by atoms with Crippen LogP contribution in [0.1, 0.15) is 57.6 Å². The smallest absolute Gasteiger partial charge is 0.339 e. The summed E-state index contributed by atoms with van der Waals surface area (Å²) in [5.41, 5.74) is 3.53. The summed E-state index contributed by atoms with van der Waals surface area (Å²) in [6, 6.07) is 14.7. The van der Waals surface area contributed by atoms with Gasteiger partial charge in [0, 0.05) is 35.6 Å². The second kappa shape index (κ2) is 13.2.